The second kappa shape index (κ2) is 2.70. The molecule has 1 saturated heterocycles. The maximum Gasteiger partial charge on any atom is 0.162 e. The van der Waals surface area contributed by atoms with Gasteiger partial charge in [-0.15, -0.1) is 25.3 Å². The Hall–Kier alpha value is 0.620. The molecule has 0 amide bonds. The quantitative estimate of drug-likeness (QED) is 0.354. The summed E-state index contributed by atoms with van der Waals surface area (Å²) in [6, 6.07) is 0. The average Bonchev–Trinajstić information content (AvgIpc) is 1.77. The standard InChI is InChI=1S/C5H12N2S2/c1-7-4-2-3-6-5(7,8)9/h6,8-9H,2-4H2,1H3. The van der Waals surface area contributed by atoms with Gasteiger partial charge in [-0.3, -0.25) is 10.2 Å². The van der Waals surface area contributed by atoms with Crippen LogP contribution in [0.2, 0.25) is 0 Å². The normalized spacial score (nSPS) is 28.3. The summed E-state index contributed by atoms with van der Waals surface area (Å²) in [6.45, 7) is 2.08. The third-order valence-electron chi connectivity index (χ3n) is 1.56. The van der Waals surface area contributed by atoms with Crippen LogP contribution in [0, 0.1) is 0 Å². The van der Waals surface area contributed by atoms with Gasteiger partial charge in [-0.2, -0.15) is 0 Å². The van der Waals surface area contributed by atoms with E-state index in [9.17, 15) is 0 Å². The highest BCUT2D eigenvalue weighted by atomic mass is 32.2. The Morgan fingerprint density at radius 3 is 2.56 bits per heavy atom. The lowest BCUT2D eigenvalue weighted by Gasteiger charge is -2.38. The molecule has 0 aromatic rings. The van der Waals surface area contributed by atoms with Crippen molar-refractivity contribution in [2.24, 2.45) is 0 Å². The molecule has 0 bridgehead atoms. The molecule has 0 spiro atoms. The Balaban J connectivity index is 2.49. The van der Waals surface area contributed by atoms with Crippen molar-refractivity contribution in [1.29, 1.82) is 0 Å². The van der Waals surface area contributed by atoms with E-state index in [1.165, 1.54) is 6.42 Å². The van der Waals surface area contributed by atoms with Gasteiger partial charge >= 0.3 is 0 Å². The zero-order chi connectivity index (χ0) is 6.91. The predicted octanol–water partition coefficient (Wildman–Crippen LogP) is 0.382. The van der Waals surface area contributed by atoms with Crippen LogP contribution in [0.4, 0.5) is 0 Å². The van der Waals surface area contributed by atoms with Crippen molar-refractivity contribution in [2.45, 2.75) is 10.7 Å². The van der Waals surface area contributed by atoms with Gasteiger partial charge < -0.3 is 0 Å². The molecule has 1 N–H and O–H groups in total. The Kier molecular flexibility index (Phi) is 2.32. The second-order valence-electron chi connectivity index (χ2n) is 2.34. The maximum absolute atomic E-state index is 4.29. The first kappa shape index (κ1) is 7.72. The van der Waals surface area contributed by atoms with E-state index in [2.05, 4.69) is 35.5 Å². The third-order valence-corrected chi connectivity index (χ3v) is 2.56. The molecule has 1 heterocycles. The summed E-state index contributed by atoms with van der Waals surface area (Å²) in [5.41, 5.74) is 0. The zero-order valence-corrected chi connectivity index (χ0v) is 7.25. The molecule has 2 nitrogen and oxygen atoms in total. The van der Waals surface area contributed by atoms with Crippen molar-refractivity contribution >= 4 is 25.3 Å². The fraction of sp³-hybridized carbons (Fsp3) is 1.00. The van der Waals surface area contributed by atoms with E-state index in [-0.39, 0.29) is 0 Å². The molecule has 0 aromatic carbocycles. The lowest BCUT2D eigenvalue weighted by molar-refractivity contribution is 0.212. The first-order chi connectivity index (χ1) is 4.13. The van der Waals surface area contributed by atoms with Crippen molar-refractivity contribution in [3.8, 4) is 0 Å². The topological polar surface area (TPSA) is 15.3 Å². The van der Waals surface area contributed by atoms with E-state index in [0.29, 0.717) is 0 Å². The van der Waals surface area contributed by atoms with E-state index in [1.54, 1.807) is 0 Å². The van der Waals surface area contributed by atoms with Gasteiger partial charge in [-0.1, -0.05) is 0 Å². The maximum atomic E-state index is 4.29. The monoisotopic (exact) mass is 164 g/mol. The molecule has 1 rings (SSSR count). The van der Waals surface area contributed by atoms with Crippen LogP contribution >= 0.6 is 25.3 Å². The van der Waals surface area contributed by atoms with Gasteiger partial charge in [0.05, 0.1) is 0 Å². The minimum atomic E-state index is -0.391. The van der Waals surface area contributed by atoms with Gasteiger partial charge in [-0.05, 0) is 20.0 Å². The Labute approximate surface area is 66.8 Å². The van der Waals surface area contributed by atoms with Crippen molar-refractivity contribution < 1.29 is 0 Å². The molecule has 0 radical (unpaired) electrons. The Bertz CT molecular complexity index is 105. The van der Waals surface area contributed by atoms with E-state index in [0.717, 1.165) is 13.1 Å². The summed E-state index contributed by atoms with van der Waals surface area (Å²) in [6.07, 6.45) is 1.18. The summed E-state index contributed by atoms with van der Waals surface area (Å²) >= 11 is 8.58. The van der Waals surface area contributed by atoms with Gasteiger partial charge in [0.1, 0.15) is 0 Å². The highest BCUT2D eigenvalue weighted by molar-refractivity contribution is 8.00. The predicted molar refractivity (Wildman–Crippen MR) is 46.0 cm³/mol. The number of thiol groups is 2. The molecule has 9 heavy (non-hydrogen) atoms. The van der Waals surface area contributed by atoms with Crippen LogP contribution < -0.4 is 5.32 Å². The molecular formula is C5H12N2S2. The van der Waals surface area contributed by atoms with Gasteiger partial charge in [0, 0.05) is 6.54 Å². The number of nitrogens with zero attached hydrogens (tertiary/aromatic N) is 1. The zero-order valence-electron chi connectivity index (χ0n) is 5.46. The molecule has 54 valence electrons. The second-order valence-corrected chi connectivity index (χ2v) is 3.98. The fourth-order valence-corrected chi connectivity index (χ4v) is 1.29. The molecule has 1 aliphatic heterocycles. The van der Waals surface area contributed by atoms with Crippen LogP contribution in [0.5, 0.6) is 0 Å². The Morgan fingerprint density at radius 2 is 2.22 bits per heavy atom. The average molecular weight is 164 g/mol. The highest BCUT2D eigenvalue weighted by Gasteiger charge is 2.27. The summed E-state index contributed by atoms with van der Waals surface area (Å²) < 4.78 is -0.391. The third kappa shape index (κ3) is 1.77. The molecule has 0 unspecified atom stereocenters. The van der Waals surface area contributed by atoms with E-state index < -0.39 is 4.33 Å². The van der Waals surface area contributed by atoms with Crippen molar-refractivity contribution in [1.82, 2.24) is 10.2 Å². The van der Waals surface area contributed by atoms with Crippen LogP contribution in [-0.2, 0) is 0 Å². The lowest BCUT2D eigenvalue weighted by atomic mass is 10.3. The molecular weight excluding hydrogens is 152 g/mol. The van der Waals surface area contributed by atoms with Gasteiger partial charge in [0.15, 0.2) is 4.33 Å². The summed E-state index contributed by atoms with van der Waals surface area (Å²) in [5, 5.41) is 3.16. The van der Waals surface area contributed by atoms with Crippen LogP contribution in [-0.4, -0.2) is 29.4 Å². The van der Waals surface area contributed by atoms with Crippen molar-refractivity contribution in [2.75, 3.05) is 20.1 Å². The first-order valence-corrected chi connectivity index (χ1v) is 3.93. The van der Waals surface area contributed by atoms with Gasteiger partial charge in [0.2, 0.25) is 0 Å². The van der Waals surface area contributed by atoms with Gasteiger partial charge in [0.25, 0.3) is 0 Å². The number of nitrogens with one attached hydrogen (secondary N) is 1. The lowest BCUT2D eigenvalue weighted by Crippen LogP contribution is -2.53. The molecule has 0 saturated carbocycles. The van der Waals surface area contributed by atoms with E-state index >= 15 is 0 Å². The summed E-state index contributed by atoms with van der Waals surface area (Å²) in [4.78, 5) is 2.07. The number of hydrogen-bond donors (Lipinski definition) is 3. The largest absolute Gasteiger partial charge is 0.282 e. The fourth-order valence-electron chi connectivity index (χ4n) is 0.863. The molecule has 1 fully saturated rings. The SMILES string of the molecule is CN1CCCNC1(S)S. The van der Waals surface area contributed by atoms with Crippen molar-refractivity contribution in [3.63, 3.8) is 0 Å². The number of hydrogen-bond acceptors (Lipinski definition) is 4. The molecule has 0 atom stereocenters. The summed E-state index contributed by atoms with van der Waals surface area (Å²) in [7, 11) is 2.01. The van der Waals surface area contributed by atoms with Crippen LogP contribution in [0.25, 0.3) is 0 Å². The number of rotatable bonds is 0. The minimum absolute atomic E-state index is 0.391. The first-order valence-electron chi connectivity index (χ1n) is 3.04. The molecule has 1 aliphatic rings. The van der Waals surface area contributed by atoms with Crippen LogP contribution in [0.1, 0.15) is 6.42 Å². The Morgan fingerprint density at radius 1 is 1.56 bits per heavy atom. The molecule has 0 aliphatic carbocycles. The summed E-state index contributed by atoms with van der Waals surface area (Å²) in [5.74, 6) is 0. The molecule has 4 heteroatoms. The van der Waals surface area contributed by atoms with Gasteiger partial charge in [-0.25, -0.2) is 0 Å². The minimum Gasteiger partial charge on any atom is -0.282 e. The van der Waals surface area contributed by atoms with Crippen LogP contribution in [0.3, 0.4) is 0 Å². The van der Waals surface area contributed by atoms with Crippen molar-refractivity contribution in [3.05, 3.63) is 0 Å². The highest BCUT2D eigenvalue weighted by Crippen LogP contribution is 2.22. The van der Waals surface area contributed by atoms with E-state index in [1.807, 2.05) is 7.05 Å². The van der Waals surface area contributed by atoms with E-state index in [4.69, 9.17) is 0 Å². The van der Waals surface area contributed by atoms with Crippen LogP contribution in [0.15, 0.2) is 0 Å². The molecule has 0 aromatic heterocycles. The smallest absolute Gasteiger partial charge is 0.162 e.